The van der Waals surface area contributed by atoms with Crippen molar-refractivity contribution >= 4 is 11.6 Å². The van der Waals surface area contributed by atoms with E-state index in [-0.39, 0.29) is 17.1 Å². The summed E-state index contributed by atoms with van der Waals surface area (Å²) < 4.78 is 27.6. The molecule has 0 amide bonds. The normalized spacial score (nSPS) is 10.4. The standard InChI is InChI=1S/C24H25O5.C5H5.Fe/c1-25-18-11-12-19(22(15-18)27-3)20(16-8-6-7-9-16)14-17-10-13-21(26-2)24(29-5)23(17)28-4;1-2-4-5-3-1;/h6-15H,1-5H3;1-5H;/q2*-1;+2/b20-14+;;. The van der Waals surface area contributed by atoms with Crippen LogP contribution >= 0.6 is 0 Å². The van der Waals surface area contributed by atoms with Crippen molar-refractivity contribution in [1.82, 2.24) is 0 Å². The van der Waals surface area contributed by atoms with Gasteiger partial charge >= 0.3 is 17.1 Å². The topological polar surface area (TPSA) is 46.2 Å². The molecule has 0 fully saturated rings. The fourth-order valence-corrected chi connectivity index (χ4v) is 3.61. The maximum absolute atomic E-state index is 5.66. The predicted molar refractivity (Wildman–Crippen MR) is 137 cm³/mol. The summed E-state index contributed by atoms with van der Waals surface area (Å²) in [6.45, 7) is 0. The van der Waals surface area contributed by atoms with Gasteiger partial charge < -0.3 is 23.7 Å². The van der Waals surface area contributed by atoms with Crippen LogP contribution < -0.4 is 23.7 Å². The summed E-state index contributed by atoms with van der Waals surface area (Å²) in [7, 11) is 8.10. The molecule has 4 rings (SSSR count). The van der Waals surface area contributed by atoms with Gasteiger partial charge in [0, 0.05) is 11.6 Å². The third-order valence-corrected chi connectivity index (χ3v) is 5.26. The second-order valence-electron chi connectivity index (χ2n) is 7.18. The van der Waals surface area contributed by atoms with Gasteiger partial charge in [-0.15, -0.1) is 11.6 Å². The number of methoxy groups -OCH3 is 5. The van der Waals surface area contributed by atoms with E-state index >= 15 is 0 Å². The molecule has 6 heteroatoms. The first-order valence-corrected chi connectivity index (χ1v) is 10.8. The number of ether oxygens (including phenoxy) is 5. The van der Waals surface area contributed by atoms with E-state index in [2.05, 4.69) is 18.2 Å². The van der Waals surface area contributed by atoms with E-state index in [9.17, 15) is 0 Å². The van der Waals surface area contributed by atoms with Crippen molar-refractivity contribution in [2.45, 2.75) is 0 Å². The molecule has 184 valence electrons. The Morgan fingerprint density at radius 3 is 1.91 bits per heavy atom. The van der Waals surface area contributed by atoms with Gasteiger partial charge in [0.2, 0.25) is 5.75 Å². The van der Waals surface area contributed by atoms with Crippen LogP contribution in [0.4, 0.5) is 0 Å². The van der Waals surface area contributed by atoms with Gasteiger partial charge in [-0.1, -0.05) is 17.7 Å². The van der Waals surface area contributed by atoms with E-state index in [0.717, 1.165) is 33.8 Å². The largest absolute Gasteiger partial charge is 2.00 e. The average molecular weight is 514 g/mol. The van der Waals surface area contributed by atoms with Crippen LogP contribution in [0.2, 0.25) is 0 Å². The van der Waals surface area contributed by atoms with Gasteiger partial charge in [0.15, 0.2) is 11.5 Å². The molecule has 4 aromatic rings. The molecule has 0 heterocycles. The fraction of sp³-hybridized carbons (Fsp3) is 0.172. The number of hydrogen-bond donors (Lipinski definition) is 0. The Morgan fingerprint density at radius 2 is 1.40 bits per heavy atom. The summed E-state index contributed by atoms with van der Waals surface area (Å²) in [4.78, 5) is 0. The van der Waals surface area contributed by atoms with Gasteiger partial charge in [-0.25, -0.2) is 12.1 Å². The van der Waals surface area contributed by atoms with Crippen LogP contribution in [0.1, 0.15) is 16.7 Å². The Labute approximate surface area is 218 Å². The van der Waals surface area contributed by atoms with Crippen LogP contribution in [0.3, 0.4) is 0 Å². The van der Waals surface area contributed by atoms with Gasteiger partial charge in [-0.05, 0) is 23.8 Å². The second kappa shape index (κ2) is 14.0. The third-order valence-electron chi connectivity index (χ3n) is 5.26. The summed E-state index contributed by atoms with van der Waals surface area (Å²) in [6, 6.07) is 27.7. The fourth-order valence-electron chi connectivity index (χ4n) is 3.61. The van der Waals surface area contributed by atoms with E-state index in [4.69, 9.17) is 23.7 Å². The Balaban J connectivity index is 0.000000640. The number of benzene rings is 2. The molecule has 0 spiro atoms. The Hall–Kier alpha value is -3.60. The minimum atomic E-state index is 0. The van der Waals surface area contributed by atoms with Gasteiger partial charge in [0.25, 0.3) is 0 Å². The van der Waals surface area contributed by atoms with Crippen molar-refractivity contribution in [3.8, 4) is 28.7 Å². The van der Waals surface area contributed by atoms with E-state index < -0.39 is 0 Å². The zero-order valence-electron chi connectivity index (χ0n) is 20.6. The van der Waals surface area contributed by atoms with E-state index in [1.807, 2.05) is 72.8 Å². The molecule has 0 aliphatic heterocycles. The van der Waals surface area contributed by atoms with Gasteiger partial charge in [-0.2, -0.15) is 36.4 Å². The van der Waals surface area contributed by atoms with E-state index in [1.54, 1.807) is 35.5 Å². The van der Waals surface area contributed by atoms with Crippen LogP contribution in [-0.4, -0.2) is 35.5 Å². The first kappa shape index (κ1) is 27.6. The smallest absolute Gasteiger partial charge is 0.497 e. The van der Waals surface area contributed by atoms with Crippen LogP contribution in [-0.2, 0) is 17.1 Å². The van der Waals surface area contributed by atoms with E-state index in [0.29, 0.717) is 17.2 Å². The van der Waals surface area contributed by atoms with Crippen molar-refractivity contribution in [2.75, 3.05) is 35.5 Å². The van der Waals surface area contributed by atoms with Crippen molar-refractivity contribution in [2.24, 2.45) is 0 Å². The van der Waals surface area contributed by atoms with Crippen molar-refractivity contribution in [3.05, 3.63) is 102 Å². The summed E-state index contributed by atoms with van der Waals surface area (Å²) in [5.74, 6) is 3.21. The summed E-state index contributed by atoms with van der Waals surface area (Å²) in [6.07, 6.45) is 2.06. The molecular formula is C29H30FeO5. The van der Waals surface area contributed by atoms with Gasteiger partial charge in [-0.3, -0.25) is 0 Å². The molecule has 5 nitrogen and oxygen atoms in total. The van der Waals surface area contributed by atoms with Gasteiger partial charge in [0.05, 0.1) is 35.5 Å². The Bertz CT molecular complexity index is 1160. The molecule has 0 atom stereocenters. The minimum Gasteiger partial charge on any atom is -0.497 e. The molecule has 0 aliphatic carbocycles. The molecule has 0 unspecified atom stereocenters. The van der Waals surface area contributed by atoms with Crippen molar-refractivity contribution < 1.29 is 40.8 Å². The molecule has 0 saturated heterocycles. The zero-order chi connectivity index (χ0) is 24.3. The molecule has 0 saturated carbocycles. The van der Waals surface area contributed by atoms with Crippen molar-refractivity contribution in [1.29, 1.82) is 0 Å². The minimum absolute atomic E-state index is 0. The molecule has 0 aromatic heterocycles. The van der Waals surface area contributed by atoms with Crippen LogP contribution in [0.5, 0.6) is 28.7 Å². The number of hydrogen-bond acceptors (Lipinski definition) is 5. The summed E-state index contributed by atoms with van der Waals surface area (Å²) in [5.41, 5.74) is 3.85. The molecule has 0 aliphatic rings. The zero-order valence-corrected chi connectivity index (χ0v) is 21.7. The first-order chi connectivity index (χ1) is 16.7. The Morgan fingerprint density at radius 1 is 0.686 bits per heavy atom. The average Bonchev–Trinajstić information content (AvgIpc) is 3.63. The van der Waals surface area contributed by atoms with Crippen LogP contribution in [0.15, 0.2) is 84.9 Å². The summed E-state index contributed by atoms with van der Waals surface area (Å²) >= 11 is 0. The molecule has 0 N–H and O–H groups in total. The van der Waals surface area contributed by atoms with Crippen LogP contribution in [0, 0.1) is 0 Å². The SMILES string of the molecule is COc1ccc(/C(=C/c2ccc(OC)c(OC)c2OC)c2ccc[cH-]2)c(OC)c1.[Fe+2].c1cc[cH-]c1. The Kier molecular flexibility index (Phi) is 11.0. The quantitative estimate of drug-likeness (QED) is 0.154. The maximum Gasteiger partial charge on any atom is 2.00 e. The first-order valence-electron chi connectivity index (χ1n) is 10.8. The van der Waals surface area contributed by atoms with Gasteiger partial charge in [0.1, 0.15) is 11.5 Å². The second-order valence-corrected chi connectivity index (χ2v) is 7.18. The molecule has 0 radical (unpaired) electrons. The maximum atomic E-state index is 5.66. The van der Waals surface area contributed by atoms with Crippen molar-refractivity contribution in [3.63, 3.8) is 0 Å². The molecular weight excluding hydrogens is 484 g/mol. The molecule has 35 heavy (non-hydrogen) atoms. The van der Waals surface area contributed by atoms with E-state index in [1.165, 1.54) is 0 Å². The predicted octanol–water partition coefficient (Wildman–Crippen LogP) is 6.44. The third kappa shape index (κ3) is 6.72. The van der Waals surface area contributed by atoms with Crippen LogP contribution in [0.25, 0.3) is 11.6 Å². The number of rotatable bonds is 8. The summed E-state index contributed by atoms with van der Waals surface area (Å²) in [5, 5.41) is 0. The molecule has 4 aromatic carbocycles. The molecule has 0 bridgehead atoms. The monoisotopic (exact) mass is 514 g/mol.